The number of carbonyl (C=O) groups excluding carboxylic acids is 2. The summed E-state index contributed by atoms with van der Waals surface area (Å²) in [5.41, 5.74) is -41.1. The minimum atomic E-state index is -2.99. The van der Waals surface area contributed by atoms with E-state index in [1.165, 1.54) is 0 Å². The molecule has 0 atom stereocenters. The van der Waals surface area contributed by atoms with Crippen molar-refractivity contribution in [3.8, 4) is 66.8 Å². The smallest absolute Gasteiger partial charge is 0.200 e. The molecule has 0 spiro atoms. The molecule has 9 aromatic rings. The number of Topliss-reactive ketones (excluding diaryl/α,β-unsaturated/α-hetero) is 2. The van der Waals surface area contributed by atoms with Crippen molar-refractivity contribution in [3.63, 3.8) is 0 Å². The lowest BCUT2D eigenvalue weighted by Crippen LogP contribution is -2.07. The monoisotopic (exact) mass is 1490 g/mol. The zero-order valence-corrected chi connectivity index (χ0v) is 49.2. The number of carbonyl (C=O) groups is 2. The van der Waals surface area contributed by atoms with Crippen LogP contribution in [0.5, 0.6) is 0 Å². The Labute approximate surface area is 553 Å². The summed E-state index contributed by atoms with van der Waals surface area (Å²) in [6.07, 6.45) is -2.30. The van der Waals surface area contributed by atoms with Crippen LogP contribution in [-0.4, -0.2) is 31.5 Å². The highest BCUT2D eigenvalue weighted by atomic mass is 19.2. The minimum Gasteiger partial charge on any atom is -0.354 e. The van der Waals surface area contributed by atoms with Crippen LogP contribution in [0.4, 0.5) is 132 Å². The summed E-state index contributed by atoms with van der Waals surface area (Å²) in [5.74, 6) is -91.7. The van der Waals surface area contributed by atoms with Crippen molar-refractivity contribution in [1.29, 1.82) is 0 Å². The normalized spacial score (nSPS) is 12.8. The Morgan fingerprint density at radius 3 is 0.587 bits per heavy atom. The van der Waals surface area contributed by atoms with Gasteiger partial charge in [0.25, 0.3) is 0 Å². The number of hydrogen-bond donors (Lipinski definition) is 2. The average molecular weight is 1490 g/mol. The van der Waals surface area contributed by atoms with E-state index in [1.54, 1.807) is 0 Å². The van der Waals surface area contributed by atoms with E-state index in [2.05, 4.69) is 9.97 Å². The molecule has 13 rings (SSSR count). The third-order valence-electron chi connectivity index (χ3n) is 16.6. The predicted octanol–water partition coefficient (Wildman–Crippen LogP) is 20.6. The van der Waals surface area contributed by atoms with Crippen molar-refractivity contribution in [2.45, 2.75) is 12.8 Å². The highest BCUT2D eigenvalue weighted by molar-refractivity contribution is 6.12. The molecule has 2 aliphatic heterocycles. The molecule has 0 saturated heterocycles. The van der Waals surface area contributed by atoms with E-state index in [0.717, 1.165) is 0 Å². The first-order chi connectivity index (χ1) is 48.9. The van der Waals surface area contributed by atoms with Crippen LogP contribution in [0.2, 0.25) is 0 Å². The number of H-pyrrole nitrogens is 2. The number of fused-ring (bicyclic) bond motifs is 12. The molecule has 4 aliphatic rings. The van der Waals surface area contributed by atoms with Crippen LogP contribution in [0.25, 0.3) is 113 Å². The summed E-state index contributed by atoms with van der Waals surface area (Å²) in [6.45, 7) is 0. The van der Waals surface area contributed by atoms with Crippen LogP contribution >= 0.6 is 0 Å². The van der Waals surface area contributed by atoms with Gasteiger partial charge >= 0.3 is 0 Å². The molecule has 0 amide bonds. The topological polar surface area (TPSA) is 91.5 Å². The van der Waals surface area contributed by atoms with Gasteiger partial charge in [-0.15, -0.1) is 0 Å². The SMILES string of the molecule is O=C1Cc2cc1c(-c1c(F)c(F)c(F)c(F)c1F)c1ccc([nH]1)c(-c1c(F)c(F)c(F)c(F)c1F)c1nc(c(-c3c(F)c(F)c(F)c(F)c3F)c3cc(c(-c4c(F)c(F)c(F)c(F)c4F)c4ccc([nH]4)c(-c4c(F)c(F)c(F)c(F)c4F)c4nc(c2-c2c(F)c(F)c(F)c(F)c2F)C=C4)C(=O)C3)C=C1. The zero-order valence-electron chi connectivity index (χ0n) is 49.2. The van der Waals surface area contributed by atoms with Crippen molar-refractivity contribution in [3.05, 3.63) is 256 Å². The molecule has 2 N–H and O–H groups in total. The second-order valence-electron chi connectivity index (χ2n) is 22.3. The Kier molecular flexibility index (Phi) is 16.9. The van der Waals surface area contributed by atoms with Crippen molar-refractivity contribution in [2.75, 3.05) is 0 Å². The van der Waals surface area contributed by atoms with E-state index in [4.69, 9.17) is 0 Å². The maximum absolute atomic E-state index is 16.5. The highest BCUT2D eigenvalue weighted by Gasteiger charge is 2.40. The van der Waals surface area contributed by atoms with E-state index in [1.807, 2.05) is 9.97 Å². The third kappa shape index (κ3) is 10.3. The summed E-state index contributed by atoms with van der Waals surface area (Å²) in [7, 11) is 0. The number of aromatic amines is 2. The molecule has 0 fully saturated rings. The van der Waals surface area contributed by atoms with E-state index in [9.17, 15) is 35.9 Å². The van der Waals surface area contributed by atoms with E-state index in [0.29, 0.717) is 48.6 Å². The molecular formula is C68H16F30N4O2. The average Bonchev–Trinajstić information content (AvgIpc) is 1.54. The molecule has 6 aromatic carbocycles. The number of rotatable bonds is 6. The van der Waals surface area contributed by atoms with Gasteiger partial charge in [-0.05, 0) is 71.8 Å². The fourth-order valence-electron chi connectivity index (χ4n) is 12.0. The molecule has 12 bridgehead atoms. The molecule has 6 nitrogen and oxygen atoms in total. The lowest BCUT2D eigenvalue weighted by molar-refractivity contribution is 0.0992. The van der Waals surface area contributed by atoms with Gasteiger partial charge in [-0.3, -0.25) is 9.59 Å². The Hall–Kier alpha value is -11.9. The summed E-state index contributed by atoms with van der Waals surface area (Å²) in [4.78, 5) is 41.1. The summed E-state index contributed by atoms with van der Waals surface area (Å²) >= 11 is 0. The minimum absolute atomic E-state index is 0.0948. The number of nitrogens with zero attached hydrogens (tertiary/aromatic N) is 2. The van der Waals surface area contributed by atoms with Gasteiger partial charge in [-0.1, -0.05) is 0 Å². The van der Waals surface area contributed by atoms with Crippen LogP contribution < -0.4 is 0 Å². The fraction of sp³-hybridized carbons (Fsp3) is 0.0294. The van der Waals surface area contributed by atoms with Crippen molar-refractivity contribution in [2.24, 2.45) is 0 Å². The fourth-order valence-corrected chi connectivity index (χ4v) is 12.0. The van der Waals surface area contributed by atoms with Crippen LogP contribution in [0.3, 0.4) is 0 Å². The van der Waals surface area contributed by atoms with Crippen LogP contribution in [-0.2, 0) is 12.8 Å². The quantitative estimate of drug-likeness (QED) is 0.0986. The molecule has 5 heterocycles. The van der Waals surface area contributed by atoms with Gasteiger partial charge in [0.15, 0.2) is 151 Å². The maximum atomic E-state index is 16.5. The van der Waals surface area contributed by atoms with Gasteiger partial charge < -0.3 is 9.97 Å². The highest BCUT2D eigenvalue weighted by Crippen LogP contribution is 2.48. The van der Waals surface area contributed by atoms with Crippen LogP contribution in [0.1, 0.15) is 54.6 Å². The molecule has 3 aromatic heterocycles. The van der Waals surface area contributed by atoms with Gasteiger partial charge in [0.2, 0.25) is 34.9 Å². The maximum Gasteiger partial charge on any atom is 0.200 e. The van der Waals surface area contributed by atoms with E-state index >= 15 is 105 Å². The molecule has 104 heavy (non-hydrogen) atoms. The Bertz CT molecular complexity index is 5460. The molecule has 0 saturated carbocycles. The Morgan fingerprint density at radius 1 is 0.212 bits per heavy atom. The number of ketones is 2. The molecule has 0 unspecified atom stereocenters. The number of halogens is 30. The molecular weight excluding hydrogens is 1470 g/mol. The summed E-state index contributed by atoms with van der Waals surface area (Å²) in [6, 6.07) is 1.41. The largest absolute Gasteiger partial charge is 0.354 e. The van der Waals surface area contributed by atoms with Gasteiger partial charge in [0.05, 0.1) is 56.2 Å². The molecule has 36 heteroatoms. The first-order valence-electron chi connectivity index (χ1n) is 28.2. The molecule has 2 aliphatic carbocycles. The first kappa shape index (κ1) is 70.6. The standard InChI is InChI=1S/C68H16F30N4O2/c69-39-33(40(70)52(82)63(93)51(39)81)27-13-9-15(25(103)11-13)29(35-43(73)55(85)65(95)56(86)44(35)74)20-4-8-24(102-20)32(38-49(79)61(91)68(98)62(92)50(38)80)22-6-2-18(100-22)28(34-41(71)53(83)64(94)54(84)42(34)72)14-10-16(26(104)12-14)30(36-45(75)57(87)66(96)58(88)46(36)76)19-3-7-23(101-19)31(21-5-1-17(27)99-21)37-47(77)59(89)67(97)60(90)48(37)78/h1-10,101-102H,11-12H2. The molecule has 0 radical (unpaired) electrons. The molecule has 530 valence electrons. The van der Waals surface area contributed by atoms with Crippen molar-refractivity contribution in [1.82, 2.24) is 19.9 Å². The second-order valence-corrected chi connectivity index (χ2v) is 22.3. The first-order valence-corrected chi connectivity index (χ1v) is 28.2. The third-order valence-corrected chi connectivity index (χ3v) is 16.6. The Morgan fingerprint density at radius 2 is 0.375 bits per heavy atom. The van der Waals surface area contributed by atoms with Gasteiger partial charge in [-0.25, -0.2) is 142 Å². The Balaban J connectivity index is 1.36. The number of benzene rings is 6. The van der Waals surface area contributed by atoms with E-state index < -0.39 is 333 Å². The predicted molar refractivity (Wildman–Crippen MR) is 302 cm³/mol. The summed E-state index contributed by atoms with van der Waals surface area (Å²) < 4.78 is 474. The van der Waals surface area contributed by atoms with Gasteiger partial charge in [-0.2, -0.15) is 0 Å². The lowest BCUT2D eigenvalue weighted by atomic mass is 9.97. The lowest BCUT2D eigenvalue weighted by Gasteiger charge is -2.12. The van der Waals surface area contributed by atoms with Crippen LogP contribution in [0, 0.1) is 175 Å². The van der Waals surface area contributed by atoms with Crippen LogP contribution in [0.15, 0.2) is 36.4 Å². The number of nitrogens with one attached hydrogen (secondary N) is 2. The zero-order chi connectivity index (χ0) is 75.6. The van der Waals surface area contributed by atoms with Gasteiger partial charge in [0.1, 0.15) is 0 Å². The number of aromatic nitrogens is 4. The summed E-state index contributed by atoms with van der Waals surface area (Å²) in [5, 5.41) is 0. The van der Waals surface area contributed by atoms with Crippen molar-refractivity contribution < 1.29 is 141 Å². The number of hydrogen-bond acceptors (Lipinski definition) is 4. The second kappa shape index (κ2) is 25.0. The van der Waals surface area contributed by atoms with Gasteiger partial charge in [0, 0.05) is 79.4 Å². The van der Waals surface area contributed by atoms with Crippen molar-refractivity contribution >= 4 is 57.9 Å². The van der Waals surface area contributed by atoms with E-state index in [-0.39, 0.29) is 12.1 Å².